The van der Waals surface area contributed by atoms with Crippen molar-refractivity contribution < 1.29 is 9.53 Å². The van der Waals surface area contributed by atoms with Gasteiger partial charge in [0, 0.05) is 18.7 Å². The molecule has 2 aromatic rings. The second-order valence-corrected chi connectivity index (χ2v) is 4.85. The summed E-state index contributed by atoms with van der Waals surface area (Å²) in [4.78, 5) is 11.5. The van der Waals surface area contributed by atoms with Crippen LogP contribution < -0.4 is 15.4 Å². The van der Waals surface area contributed by atoms with E-state index in [0.29, 0.717) is 19.6 Å². The summed E-state index contributed by atoms with van der Waals surface area (Å²) >= 11 is 0. The SMILES string of the molecule is CCNC(=O)CCOc1ccc2ccccc2c1CNC. The standard InChI is InChI=1S/C17H22N2O2/c1-3-19-17(20)10-11-21-16-9-8-13-6-4-5-7-14(13)15(16)12-18-2/h4-9,18H,3,10-12H2,1-2H3,(H,19,20). The van der Waals surface area contributed by atoms with E-state index in [1.807, 2.05) is 32.2 Å². The Morgan fingerprint density at radius 3 is 2.76 bits per heavy atom. The second kappa shape index (κ2) is 7.64. The summed E-state index contributed by atoms with van der Waals surface area (Å²) in [5.41, 5.74) is 1.13. The molecule has 0 aliphatic rings. The lowest BCUT2D eigenvalue weighted by Gasteiger charge is -2.14. The van der Waals surface area contributed by atoms with Gasteiger partial charge in [0.15, 0.2) is 0 Å². The van der Waals surface area contributed by atoms with Crippen molar-refractivity contribution in [2.24, 2.45) is 0 Å². The van der Waals surface area contributed by atoms with Crippen LogP contribution in [0.3, 0.4) is 0 Å². The molecule has 0 unspecified atom stereocenters. The molecule has 0 radical (unpaired) electrons. The molecule has 0 fully saturated rings. The molecule has 0 atom stereocenters. The first-order valence-corrected chi connectivity index (χ1v) is 7.31. The second-order valence-electron chi connectivity index (χ2n) is 4.85. The number of carbonyl (C=O) groups excluding carboxylic acids is 1. The smallest absolute Gasteiger partial charge is 0.223 e. The maximum atomic E-state index is 11.5. The van der Waals surface area contributed by atoms with Gasteiger partial charge in [-0.3, -0.25) is 4.79 Å². The zero-order valence-corrected chi connectivity index (χ0v) is 12.6. The highest BCUT2D eigenvalue weighted by Gasteiger charge is 2.09. The fourth-order valence-electron chi connectivity index (χ4n) is 2.35. The molecule has 0 aromatic heterocycles. The first-order valence-electron chi connectivity index (χ1n) is 7.31. The minimum absolute atomic E-state index is 0.0217. The third kappa shape index (κ3) is 3.95. The molecule has 0 spiro atoms. The van der Waals surface area contributed by atoms with E-state index < -0.39 is 0 Å². The van der Waals surface area contributed by atoms with Crippen molar-refractivity contribution in [1.29, 1.82) is 0 Å². The number of hydrogen-bond acceptors (Lipinski definition) is 3. The van der Waals surface area contributed by atoms with Gasteiger partial charge in [0.25, 0.3) is 0 Å². The van der Waals surface area contributed by atoms with Gasteiger partial charge in [-0.2, -0.15) is 0 Å². The van der Waals surface area contributed by atoms with Crippen LogP contribution in [0, 0.1) is 0 Å². The van der Waals surface area contributed by atoms with Gasteiger partial charge < -0.3 is 15.4 Å². The predicted octanol–water partition coefficient (Wildman–Crippen LogP) is 2.46. The van der Waals surface area contributed by atoms with Crippen LogP contribution >= 0.6 is 0 Å². The highest BCUT2D eigenvalue weighted by atomic mass is 16.5. The lowest BCUT2D eigenvalue weighted by atomic mass is 10.0. The van der Waals surface area contributed by atoms with E-state index in [4.69, 9.17) is 4.74 Å². The van der Waals surface area contributed by atoms with Crippen LogP contribution in [-0.4, -0.2) is 26.1 Å². The lowest BCUT2D eigenvalue weighted by Crippen LogP contribution is -2.24. The Hall–Kier alpha value is -2.07. The third-order valence-electron chi connectivity index (χ3n) is 3.31. The fraction of sp³-hybridized carbons (Fsp3) is 0.353. The Balaban J connectivity index is 2.15. The Bertz CT molecular complexity index is 611. The van der Waals surface area contributed by atoms with Crippen molar-refractivity contribution in [2.75, 3.05) is 20.2 Å². The molecule has 0 saturated carbocycles. The van der Waals surface area contributed by atoms with E-state index in [1.54, 1.807) is 0 Å². The summed E-state index contributed by atoms with van der Waals surface area (Å²) in [6.07, 6.45) is 0.375. The van der Waals surface area contributed by atoms with Crippen molar-refractivity contribution in [3.63, 3.8) is 0 Å². The quantitative estimate of drug-likeness (QED) is 0.822. The average Bonchev–Trinajstić information content (AvgIpc) is 2.49. The molecule has 4 heteroatoms. The molecule has 2 aromatic carbocycles. The van der Waals surface area contributed by atoms with Crippen molar-refractivity contribution in [1.82, 2.24) is 10.6 Å². The largest absolute Gasteiger partial charge is 0.493 e. The van der Waals surface area contributed by atoms with Crippen molar-refractivity contribution in [3.8, 4) is 5.75 Å². The number of fused-ring (bicyclic) bond motifs is 1. The van der Waals surface area contributed by atoms with Crippen LogP contribution in [0.2, 0.25) is 0 Å². The molecule has 2 N–H and O–H groups in total. The number of rotatable bonds is 7. The molecule has 4 nitrogen and oxygen atoms in total. The molecule has 0 saturated heterocycles. The number of nitrogens with one attached hydrogen (secondary N) is 2. The summed E-state index contributed by atoms with van der Waals surface area (Å²) in [7, 11) is 1.92. The van der Waals surface area contributed by atoms with Crippen LogP contribution in [0.15, 0.2) is 36.4 Å². The minimum Gasteiger partial charge on any atom is -0.493 e. The summed E-state index contributed by atoms with van der Waals surface area (Å²) in [6.45, 7) is 3.69. The molecule has 0 aliphatic heterocycles. The summed E-state index contributed by atoms with van der Waals surface area (Å²) < 4.78 is 5.81. The van der Waals surface area contributed by atoms with Gasteiger partial charge in [-0.15, -0.1) is 0 Å². The monoisotopic (exact) mass is 286 g/mol. The Kier molecular flexibility index (Phi) is 5.58. The maximum absolute atomic E-state index is 11.5. The summed E-state index contributed by atoms with van der Waals surface area (Å²) in [6, 6.07) is 12.3. The van der Waals surface area contributed by atoms with Gasteiger partial charge in [-0.1, -0.05) is 30.3 Å². The highest BCUT2D eigenvalue weighted by molar-refractivity contribution is 5.87. The number of hydrogen-bond donors (Lipinski definition) is 2. The van der Waals surface area contributed by atoms with Gasteiger partial charge in [-0.05, 0) is 30.8 Å². The summed E-state index contributed by atoms with van der Waals surface area (Å²) in [5, 5.41) is 8.32. The van der Waals surface area contributed by atoms with Gasteiger partial charge in [0.05, 0.1) is 13.0 Å². The minimum atomic E-state index is 0.0217. The predicted molar refractivity (Wildman–Crippen MR) is 85.5 cm³/mol. The maximum Gasteiger partial charge on any atom is 0.223 e. The highest BCUT2D eigenvalue weighted by Crippen LogP contribution is 2.28. The van der Waals surface area contributed by atoms with Crippen LogP contribution in [0.1, 0.15) is 18.9 Å². The third-order valence-corrected chi connectivity index (χ3v) is 3.31. The zero-order valence-electron chi connectivity index (χ0n) is 12.6. The van der Waals surface area contributed by atoms with E-state index in [1.165, 1.54) is 10.8 Å². The molecular weight excluding hydrogens is 264 g/mol. The van der Waals surface area contributed by atoms with Crippen LogP contribution in [0.25, 0.3) is 10.8 Å². The molecule has 112 valence electrons. The molecule has 2 rings (SSSR count). The van der Waals surface area contributed by atoms with E-state index in [9.17, 15) is 4.79 Å². The van der Waals surface area contributed by atoms with Crippen molar-refractivity contribution >= 4 is 16.7 Å². The zero-order chi connectivity index (χ0) is 15.1. The Morgan fingerprint density at radius 2 is 2.00 bits per heavy atom. The normalized spacial score (nSPS) is 10.6. The Labute approximate surface area is 125 Å². The molecule has 0 bridgehead atoms. The van der Waals surface area contributed by atoms with Gasteiger partial charge >= 0.3 is 0 Å². The van der Waals surface area contributed by atoms with E-state index in [-0.39, 0.29) is 5.91 Å². The van der Waals surface area contributed by atoms with Gasteiger partial charge in [0.2, 0.25) is 5.91 Å². The van der Waals surface area contributed by atoms with Gasteiger partial charge in [0.1, 0.15) is 5.75 Å². The number of ether oxygens (including phenoxy) is 1. The van der Waals surface area contributed by atoms with Gasteiger partial charge in [-0.25, -0.2) is 0 Å². The van der Waals surface area contributed by atoms with Crippen LogP contribution in [0.4, 0.5) is 0 Å². The molecule has 1 amide bonds. The molecule has 0 aliphatic carbocycles. The number of carbonyl (C=O) groups is 1. The molecule has 0 heterocycles. The Morgan fingerprint density at radius 1 is 1.19 bits per heavy atom. The first kappa shape index (κ1) is 15.3. The number of amides is 1. The van der Waals surface area contributed by atoms with Crippen molar-refractivity contribution in [3.05, 3.63) is 42.0 Å². The topological polar surface area (TPSA) is 50.4 Å². The molecule has 21 heavy (non-hydrogen) atoms. The summed E-state index contributed by atoms with van der Waals surface area (Å²) in [5.74, 6) is 0.862. The van der Waals surface area contributed by atoms with E-state index >= 15 is 0 Å². The molecular formula is C17H22N2O2. The van der Waals surface area contributed by atoms with E-state index in [0.717, 1.165) is 17.9 Å². The van der Waals surface area contributed by atoms with E-state index in [2.05, 4.69) is 28.8 Å². The first-order chi connectivity index (χ1) is 10.3. The van der Waals surface area contributed by atoms with Crippen molar-refractivity contribution in [2.45, 2.75) is 19.9 Å². The fourth-order valence-corrected chi connectivity index (χ4v) is 2.35. The number of benzene rings is 2. The van der Waals surface area contributed by atoms with Crippen LogP contribution in [-0.2, 0) is 11.3 Å². The average molecular weight is 286 g/mol. The van der Waals surface area contributed by atoms with Crippen LogP contribution in [0.5, 0.6) is 5.75 Å². The lowest BCUT2D eigenvalue weighted by molar-refractivity contribution is -0.121.